The van der Waals surface area contributed by atoms with E-state index in [1.165, 1.54) is 0 Å². The van der Waals surface area contributed by atoms with Crippen molar-refractivity contribution in [3.63, 3.8) is 0 Å². The largest absolute Gasteiger partial charge is 0.452 e. The van der Waals surface area contributed by atoms with E-state index in [2.05, 4.69) is 26.3 Å². The highest BCUT2D eigenvalue weighted by molar-refractivity contribution is 9.10. The zero-order chi connectivity index (χ0) is 11.7. The Morgan fingerprint density at radius 1 is 1.56 bits per heavy atom. The average molecular weight is 305 g/mol. The van der Waals surface area contributed by atoms with Crippen LogP contribution in [0.1, 0.15) is 17.5 Å². The van der Waals surface area contributed by atoms with Crippen molar-refractivity contribution in [2.45, 2.75) is 6.04 Å². The van der Waals surface area contributed by atoms with Gasteiger partial charge in [0, 0.05) is 7.05 Å². The summed E-state index contributed by atoms with van der Waals surface area (Å²) in [5, 5.41) is 7.88. The van der Waals surface area contributed by atoms with E-state index in [0.717, 1.165) is 11.5 Å². The first-order chi connectivity index (χ1) is 7.63. The zero-order valence-electron chi connectivity index (χ0n) is 8.87. The normalized spacial score (nSPS) is 13.0. The number of aromatic nitrogens is 2. The second-order valence-corrected chi connectivity index (χ2v) is 4.55. The van der Waals surface area contributed by atoms with Gasteiger partial charge in [-0.15, -0.1) is 0 Å². The predicted molar refractivity (Wildman–Crippen MR) is 65.5 cm³/mol. The van der Waals surface area contributed by atoms with E-state index in [1.54, 1.807) is 10.9 Å². The third-order valence-electron chi connectivity index (χ3n) is 2.38. The molecule has 0 amide bonds. The summed E-state index contributed by atoms with van der Waals surface area (Å²) in [6.07, 6.45) is 1.62. The summed E-state index contributed by atoms with van der Waals surface area (Å²) in [5.41, 5.74) is 0.881. The number of halogens is 2. The number of hydrogen-bond donors (Lipinski definition) is 1. The molecule has 0 aliphatic heterocycles. The van der Waals surface area contributed by atoms with Gasteiger partial charge in [-0.1, -0.05) is 11.6 Å². The molecule has 0 fully saturated rings. The van der Waals surface area contributed by atoms with Crippen molar-refractivity contribution < 1.29 is 4.42 Å². The number of nitrogens with one attached hydrogen (secondary N) is 1. The van der Waals surface area contributed by atoms with E-state index in [-0.39, 0.29) is 6.04 Å². The molecule has 0 bridgehead atoms. The minimum atomic E-state index is -0.105. The Bertz CT molecular complexity index is 474. The number of aryl methyl sites for hydroxylation is 1. The van der Waals surface area contributed by atoms with E-state index in [4.69, 9.17) is 16.0 Å². The molecule has 2 rings (SSSR count). The van der Waals surface area contributed by atoms with E-state index in [1.807, 2.05) is 26.2 Å². The maximum absolute atomic E-state index is 6.10. The van der Waals surface area contributed by atoms with Gasteiger partial charge in [-0.05, 0) is 35.1 Å². The van der Waals surface area contributed by atoms with Crippen molar-refractivity contribution >= 4 is 27.5 Å². The minimum absolute atomic E-state index is 0.105. The molecule has 0 spiro atoms. The summed E-state index contributed by atoms with van der Waals surface area (Å²) in [6.45, 7) is 0. The van der Waals surface area contributed by atoms with Crippen molar-refractivity contribution in [1.29, 1.82) is 0 Å². The first-order valence-corrected chi connectivity index (χ1v) is 5.90. The maximum atomic E-state index is 6.10. The summed E-state index contributed by atoms with van der Waals surface area (Å²) in [6, 6.07) is 3.64. The molecule has 2 aromatic heterocycles. The average Bonchev–Trinajstić information content (AvgIpc) is 2.80. The Morgan fingerprint density at radius 2 is 2.31 bits per heavy atom. The molecule has 2 aromatic rings. The molecule has 0 aliphatic rings. The Balaban J connectivity index is 2.44. The van der Waals surface area contributed by atoms with Gasteiger partial charge >= 0.3 is 0 Å². The molecule has 0 saturated carbocycles. The monoisotopic (exact) mass is 303 g/mol. The zero-order valence-corrected chi connectivity index (χ0v) is 11.2. The summed E-state index contributed by atoms with van der Waals surface area (Å²) < 4.78 is 7.96. The van der Waals surface area contributed by atoms with Gasteiger partial charge in [0.05, 0.1) is 16.9 Å². The molecule has 1 atom stereocenters. The van der Waals surface area contributed by atoms with E-state index in [0.29, 0.717) is 9.69 Å². The lowest BCUT2D eigenvalue weighted by molar-refractivity contribution is 0.435. The Kier molecular flexibility index (Phi) is 3.37. The summed E-state index contributed by atoms with van der Waals surface area (Å²) in [4.78, 5) is 0. The molecule has 6 heteroatoms. The van der Waals surface area contributed by atoms with Crippen LogP contribution in [-0.4, -0.2) is 16.8 Å². The highest BCUT2D eigenvalue weighted by atomic mass is 79.9. The van der Waals surface area contributed by atoms with Crippen LogP contribution in [0.25, 0.3) is 0 Å². The highest BCUT2D eigenvalue weighted by Gasteiger charge is 2.22. The van der Waals surface area contributed by atoms with Crippen LogP contribution in [0, 0.1) is 0 Å². The Morgan fingerprint density at radius 3 is 2.75 bits per heavy atom. The molecule has 16 heavy (non-hydrogen) atoms. The highest BCUT2D eigenvalue weighted by Crippen LogP contribution is 2.29. The van der Waals surface area contributed by atoms with Crippen LogP contribution in [0.2, 0.25) is 5.02 Å². The Labute approximate surface area is 107 Å². The minimum Gasteiger partial charge on any atom is -0.452 e. The van der Waals surface area contributed by atoms with Crippen LogP contribution in [-0.2, 0) is 7.05 Å². The van der Waals surface area contributed by atoms with Gasteiger partial charge in [-0.3, -0.25) is 4.68 Å². The third kappa shape index (κ3) is 2.03. The van der Waals surface area contributed by atoms with E-state index in [9.17, 15) is 0 Å². The lowest BCUT2D eigenvalue weighted by atomic mass is 10.1. The number of rotatable bonds is 3. The molecule has 0 radical (unpaired) electrons. The van der Waals surface area contributed by atoms with Crippen LogP contribution in [0.5, 0.6) is 0 Å². The van der Waals surface area contributed by atoms with Gasteiger partial charge in [0.15, 0.2) is 4.67 Å². The molecule has 1 N–H and O–H groups in total. The quantitative estimate of drug-likeness (QED) is 0.948. The van der Waals surface area contributed by atoms with Crippen molar-refractivity contribution in [3.05, 3.63) is 39.5 Å². The summed E-state index contributed by atoms with van der Waals surface area (Å²) >= 11 is 9.38. The van der Waals surface area contributed by atoms with Crippen molar-refractivity contribution in [3.8, 4) is 0 Å². The van der Waals surface area contributed by atoms with Crippen molar-refractivity contribution in [1.82, 2.24) is 15.1 Å². The van der Waals surface area contributed by atoms with Gasteiger partial charge in [0.2, 0.25) is 0 Å². The summed E-state index contributed by atoms with van der Waals surface area (Å²) in [7, 11) is 3.70. The molecule has 4 nitrogen and oxygen atoms in total. The maximum Gasteiger partial charge on any atom is 0.169 e. The van der Waals surface area contributed by atoms with E-state index >= 15 is 0 Å². The molecular formula is C10H11BrClN3O. The predicted octanol–water partition coefficient (Wildman–Crippen LogP) is 2.74. The fraction of sp³-hybridized carbons (Fsp3) is 0.300. The third-order valence-corrected chi connectivity index (χ3v) is 3.10. The van der Waals surface area contributed by atoms with Gasteiger partial charge < -0.3 is 9.73 Å². The van der Waals surface area contributed by atoms with Crippen LogP contribution in [0.15, 0.2) is 27.4 Å². The van der Waals surface area contributed by atoms with Gasteiger partial charge in [0.1, 0.15) is 11.8 Å². The first kappa shape index (κ1) is 11.7. The standard InChI is InChI=1S/C10H11BrClN3O/c1-13-9(7-3-4-8(11)16-7)10-6(12)5-14-15(10)2/h3-5,9,13H,1-2H3. The molecule has 0 saturated heterocycles. The van der Waals surface area contributed by atoms with Crippen LogP contribution >= 0.6 is 27.5 Å². The van der Waals surface area contributed by atoms with E-state index < -0.39 is 0 Å². The molecule has 1 unspecified atom stereocenters. The van der Waals surface area contributed by atoms with Crippen molar-refractivity contribution in [2.75, 3.05) is 7.05 Å². The molecule has 2 heterocycles. The number of hydrogen-bond acceptors (Lipinski definition) is 3. The fourth-order valence-electron chi connectivity index (χ4n) is 1.64. The van der Waals surface area contributed by atoms with Crippen LogP contribution < -0.4 is 5.32 Å². The van der Waals surface area contributed by atoms with Crippen LogP contribution in [0.4, 0.5) is 0 Å². The molecule has 0 aliphatic carbocycles. The second-order valence-electron chi connectivity index (χ2n) is 3.36. The Hall–Kier alpha value is -0.780. The number of nitrogens with zero attached hydrogens (tertiary/aromatic N) is 2. The topological polar surface area (TPSA) is 43.0 Å². The van der Waals surface area contributed by atoms with Gasteiger partial charge in [-0.25, -0.2) is 0 Å². The molecular weight excluding hydrogens is 293 g/mol. The number of furan rings is 1. The molecule has 86 valence electrons. The lowest BCUT2D eigenvalue weighted by Gasteiger charge is -2.14. The fourth-order valence-corrected chi connectivity index (χ4v) is 2.24. The lowest BCUT2D eigenvalue weighted by Crippen LogP contribution is -2.20. The van der Waals surface area contributed by atoms with Gasteiger partial charge in [-0.2, -0.15) is 5.10 Å². The van der Waals surface area contributed by atoms with Crippen molar-refractivity contribution in [2.24, 2.45) is 7.05 Å². The second kappa shape index (κ2) is 4.61. The SMILES string of the molecule is CNC(c1ccc(Br)o1)c1c(Cl)cnn1C. The first-order valence-electron chi connectivity index (χ1n) is 4.73. The van der Waals surface area contributed by atoms with Gasteiger partial charge in [0.25, 0.3) is 0 Å². The van der Waals surface area contributed by atoms with Crippen LogP contribution in [0.3, 0.4) is 0 Å². The smallest absolute Gasteiger partial charge is 0.169 e. The summed E-state index contributed by atoms with van der Waals surface area (Å²) in [5.74, 6) is 0.792. The molecule has 0 aromatic carbocycles.